The summed E-state index contributed by atoms with van der Waals surface area (Å²) in [6.07, 6.45) is 1.28. The Morgan fingerprint density at radius 3 is 2.56 bits per heavy atom. The smallest absolute Gasteiger partial charge is 0.295 e. The number of hydrogen-bond donors (Lipinski definition) is 3. The third kappa shape index (κ3) is 5.77. The van der Waals surface area contributed by atoms with Gasteiger partial charge in [-0.1, -0.05) is 29.3 Å². The van der Waals surface area contributed by atoms with E-state index in [0.29, 0.717) is 50.5 Å². The fourth-order valence-electron chi connectivity index (χ4n) is 4.20. The van der Waals surface area contributed by atoms with Gasteiger partial charge in [-0.15, -0.1) is 9.45 Å². The zero-order valence-electron chi connectivity index (χ0n) is 21.1. The molecule has 5 rings (SSSR count). The second kappa shape index (κ2) is 11.5. The van der Waals surface area contributed by atoms with Gasteiger partial charge in [0.15, 0.2) is 5.75 Å². The van der Waals surface area contributed by atoms with Crippen molar-refractivity contribution in [2.24, 2.45) is 10.2 Å². The topological polar surface area (TPSA) is 180 Å². The van der Waals surface area contributed by atoms with Crippen LogP contribution in [-0.4, -0.2) is 45.3 Å². The number of benzene rings is 4. The van der Waals surface area contributed by atoms with Crippen molar-refractivity contribution in [2.75, 3.05) is 11.9 Å². The average Bonchev–Trinajstić information content (AvgIpc) is 2.95. The van der Waals surface area contributed by atoms with E-state index >= 15 is 0 Å². The summed E-state index contributed by atoms with van der Waals surface area (Å²) in [6.45, 7) is 1.72. The molecule has 1 heterocycles. The number of aromatic hydroxyl groups is 1. The number of halogens is 1. The highest BCUT2D eigenvalue weighted by Crippen LogP contribution is 2.45. The van der Waals surface area contributed by atoms with Gasteiger partial charge < -0.3 is 10.0 Å². The highest BCUT2D eigenvalue weighted by Gasteiger charge is 2.19. The maximum Gasteiger partial charge on any atom is 0.295 e. The highest BCUT2D eigenvalue weighted by atomic mass is 35.5. The monoisotopic (exact) mass is 614 g/mol. The summed E-state index contributed by atoms with van der Waals surface area (Å²) in [5, 5.41) is 34.2. The van der Waals surface area contributed by atoms with E-state index in [0.717, 1.165) is 0 Å². The molecule has 0 saturated carbocycles. The molecule has 5 aromatic rings. The third-order valence-electron chi connectivity index (χ3n) is 6.21. The van der Waals surface area contributed by atoms with Gasteiger partial charge in [0, 0.05) is 23.5 Å². The van der Waals surface area contributed by atoms with Crippen molar-refractivity contribution in [3.63, 3.8) is 0 Å². The van der Waals surface area contributed by atoms with Crippen LogP contribution in [0.5, 0.6) is 5.75 Å². The molecule has 0 radical (unpaired) electrons. The molecular weight excluding hydrogens is 596 g/mol. The summed E-state index contributed by atoms with van der Waals surface area (Å²) in [4.78, 5) is 13.7. The Bertz CT molecular complexity index is 1940. The van der Waals surface area contributed by atoms with Crippen molar-refractivity contribution in [1.29, 1.82) is 0 Å². The Morgan fingerprint density at radius 1 is 1.02 bits per heavy atom. The van der Waals surface area contributed by atoms with Crippen LogP contribution in [-0.2, 0) is 19.5 Å². The van der Waals surface area contributed by atoms with Crippen molar-refractivity contribution < 1.29 is 32.7 Å². The molecule has 0 spiro atoms. The van der Waals surface area contributed by atoms with E-state index in [2.05, 4.69) is 34.6 Å². The first-order valence-corrected chi connectivity index (χ1v) is 14.1. The SMILES string of the molecule is Cc1c(N=Nc2c(SOOO)cc3ccc(N(C)c4ncnc(Cl)n4)cc3c2O)ccc2c(S(=O)(=O)O)cccc12. The van der Waals surface area contributed by atoms with Crippen LogP contribution in [0.15, 0.2) is 80.9 Å². The summed E-state index contributed by atoms with van der Waals surface area (Å²) in [6, 6.07) is 14.4. The normalized spacial score (nSPS) is 12.0. The molecule has 0 bridgehead atoms. The van der Waals surface area contributed by atoms with E-state index in [9.17, 15) is 18.1 Å². The molecule has 16 heteroatoms. The van der Waals surface area contributed by atoms with Gasteiger partial charge in [-0.25, -0.2) is 15.2 Å². The van der Waals surface area contributed by atoms with Crippen LogP contribution in [0.25, 0.3) is 21.5 Å². The predicted octanol–water partition coefficient (Wildman–Crippen LogP) is 6.70. The molecule has 0 aliphatic carbocycles. The lowest BCUT2D eigenvalue weighted by molar-refractivity contribution is -0.432. The van der Waals surface area contributed by atoms with Crippen LogP contribution in [0.1, 0.15) is 5.56 Å². The molecule has 0 amide bonds. The van der Waals surface area contributed by atoms with Crippen LogP contribution in [0.3, 0.4) is 0 Å². The van der Waals surface area contributed by atoms with Gasteiger partial charge in [-0.2, -0.15) is 18.5 Å². The lowest BCUT2D eigenvalue weighted by Crippen LogP contribution is -2.13. The maximum absolute atomic E-state index is 11.8. The molecule has 0 aliphatic heterocycles. The fraction of sp³-hybridized carbons (Fsp3) is 0.0800. The number of hydrogen-bond acceptors (Lipinski definition) is 13. The van der Waals surface area contributed by atoms with Gasteiger partial charge in [-0.3, -0.25) is 4.55 Å². The lowest BCUT2D eigenvalue weighted by atomic mass is 10.0. The molecular formula is C25H19ClN6O7S2. The molecule has 0 unspecified atom stereocenters. The zero-order valence-corrected chi connectivity index (χ0v) is 23.5. The van der Waals surface area contributed by atoms with Crippen LogP contribution in [0, 0.1) is 6.92 Å². The minimum Gasteiger partial charge on any atom is -0.505 e. The minimum absolute atomic E-state index is 0.00809. The average molecular weight is 615 g/mol. The minimum atomic E-state index is -4.44. The van der Waals surface area contributed by atoms with Gasteiger partial charge in [0.25, 0.3) is 10.1 Å². The fourth-order valence-corrected chi connectivity index (χ4v) is 5.52. The number of nitrogens with zero attached hydrogens (tertiary/aromatic N) is 6. The Kier molecular flexibility index (Phi) is 8.01. The second-order valence-corrected chi connectivity index (χ2v) is 11.0. The standard InChI is InChI=1S/C25H19ClN6O7S2/c1-13-16-4-3-5-21(41(35,36)37)17(16)8-9-19(13)30-31-22-20(40-39-38-34)10-14-6-7-15(11-18(14)23(22)33)32(2)25-28-12-27-24(26)29-25/h3-12,33-34H,1-2H3,(H,35,36,37). The molecule has 0 atom stereocenters. The first-order chi connectivity index (χ1) is 19.6. The van der Waals surface area contributed by atoms with Crippen molar-refractivity contribution in [2.45, 2.75) is 16.7 Å². The van der Waals surface area contributed by atoms with E-state index in [1.54, 1.807) is 55.3 Å². The second-order valence-electron chi connectivity index (χ2n) is 8.55. The van der Waals surface area contributed by atoms with Crippen LogP contribution < -0.4 is 4.90 Å². The Hall–Kier alpha value is -3.96. The van der Waals surface area contributed by atoms with Gasteiger partial charge in [-0.05, 0) is 65.2 Å². The molecule has 0 saturated heterocycles. The summed E-state index contributed by atoms with van der Waals surface area (Å²) >= 11 is 6.50. The number of aromatic nitrogens is 3. The largest absolute Gasteiger partial charge is 0.505 e. The van der Waals surface area contributed by atoms with Crippen molar-refractivity contribution >= 4 is 78.3 Å². The van der Waals surface area contributed by atoms with Crippen LogP contribution in [0.2, 0.25) is 5.28 Å². The predicted molar refractivity (Wildman–Crippen MR) is 152 cm³/mol. The van der Waals surface area contributed by atoms with Crippen LogP contribution >= 0.6 is 23.6 Å². The first-order valence-electron chi connectivity index (χ1n) is 11.5. The van der Waals surface area contributed by atoms with E-state index in [1.165, 1.54) is 24.5 Å². The highest BCUT2D eigenvalue weighted by molar-refractivity contribution is 7.94. The molecule has 210 valence electrons. The number of phenols is 1. The number of phenolic OH excluding ortho intramolecular Hbond substituents is 1. The Balaban J connectivity index is 1.61. The molecule has 41 heavy (non-hydrogen) atoms. The molecule has 3 N–H and O–H groups in total. The first kappa shape index (κ1) is 28.6. The molecule has 0 aliphatic rings. The molecule has 1 aromatic heterocycles. The van der Waals surface area contributed by atoms with Gasteiger partial charge in [0.05, 0.1) is 22.6 Å². The van der Waals surface area contributed by atoms with Gasteiger partial charge in [0.2, 0.25) is 11.2 Å². The number of aryl methyl sites for hydroxylation is 1. The van der Waals surface area contributed by atoms with Crippen LogP contribution in [0.4, 0.5) is 23.0 Å². The van der Waals surface area contributed by atoms with Crippen molar-refractivity contribution in [3.8, 4) is 5.75 Å². The van der Waals surface area contributed by atoms with Gasteiger partial charge in [0.1, 0.15) is 16.9 Å². The van der Waals surface area contributed by atoms with E-state index in [1.807, 2.05) is 0 Å². The van der Waals surface area contributed by atoms with Crippen molar-refractivity contribution in [1.82, 2.24) is 15.0 Å². The molecule has 4 aromatic carbocycles. The van der Waals surface area contributed by atoms with E-state index in [4.69, 9.17) is 16.9 Å². The van der Waals surface area contributed by atoms with Crippen molar-refractivity contribution in [3.05, 3.63) is 71.8 Å². The third-order valence-corrected chi connectivity index (χ3v) is 7.92. The quantitative estimate of drug-likeness (QED) is 0.0553. The number of anilines is 2. The zero-order chi connectivity index (χ0) is 29.3. The molecule has 13 nitrogen and oxygen atoms in total. The Morgan fingerprint density at radius 2 is 1.83 bits per heavy atom. The molecule has 0 fully saturated rings. The number of rotatable bonds is 8. The van der Waals surface area contributed by atoms with E-state index < -0.39 is 10.1 Å². The van der Waals surface area contributed by atoms with E-state index in [-0.39, 0.29) is 32.5 Å². The number of azo groups is 1. The van der Waals surface area contributed by atoms with Gasteiger partial charge >= 0.3 is 0 Å². The summed E-state index contributed by atoms with van der Waals surface area (Å²) in [5.41, 5.74) is 1.59. The number of fused-ring (bicyclic) bond motifs is 2. The maximum atomic E-state index is 11.8. The summed E-state index contributed by atoms with van der Waals surface area (Å²) in [5.74, 6) is 0.0414. The lowest BCUT2D eigenvalue weighted by Gasteiger charge is -2.18. The summed E-state index contributed by atoms with van der Waals surface area (Å²) in [7, 11) is -2.72. The Labute approximate surface area is 241 Å². The summed E-state index contributed by atoms with van der Waals surface area (Å²) < 4.78 is 37.8.